The second-order valence-corrected chi connectivity index (χ2v) is 21.2. The van der Waals surface area contributed by atoms with Gasteiger partial charge < -0.3 is 8.85 Å². The maximum Gasteiger partial charge on any atom is 0.250 e. The van der Waals surface area contributed by atoms with Crippen LogP contribution in [0.1, 0.15) is 46.1 Å². The molecule has 0 bridgehead atoms. The fraction of sp³-hybridized carbons (Fsp3) is 0.438. The minimum absolute atomic E-state index is 0.00906. The summed E-state index contributed by atoms with van der Waals surface area (Å²) in [5.41, 5.74) is 2.02. The van der Waals surface area contributed by atoms with Crippen molar-refractivity contribution < 1.29 is 8.85 Å². The van der Waals surface area contributed by atoms with Crippen molar-refractivity contribution in [3.63, 3.8) is 0 Å². The lowest BCUT2D eigenvalue weighted by molar-refractivity contribution is 0.129. The fourth-order valence-corrected chi connectivity index (χ4v) is 18.7. The summed E-state index contributed by atoms with van der Waals surface area (Å²) in [7, 11) is -2.93. The van der Waals surface area contributed by atoms with Crippen LogP contribution in [0.5, 0.6) is 0 Å². The van der Waals surface area contributed by atoms with Gasteiger partial charge in [0, 0.05) is 12.5 Å². The Morgan fingerprint density at radius 1 is 0.778 bits per heavy atom. The lowest BCUT2D eigenvalue weighted by Crippen LogP contribution is -2.70. The molecule has 0 aromatic heterocycles. The molecule has 0 radical (unpaired) electrons. The van der Waals surface area contributed by atoms with E-state index < -0.39 is 16.6 Å². The standard InChI is InChI=1S/C32H44O2Si2/c1-26-23-32(25-33-5,27-17-11-8-12-18-27)24-30(26)35(6,7)34-36(31(2,3)4,28-19-13-9-14-20-28)29-21-15-10-16-22-29/h8-22,26,30H,23-25H2,1-7H3/t26-,30-,32+/m0/s1. The maximum absolute atomic E-state index is 7.86. The average molecular weight is 517 g/mol. The van der Waals surface area contributed by atoms with Crippen molar-refractivity contribution in [2.24, 2.45) is 5.92 Å². The second-order valence-electron chi connectivity index (χ2n) is 12.4. The van der Waals surface area contributed by atoms with Gasteiger partial charge in [-0.05, 0) is 58.4 Å². The molecule has 0 spiro atoms. The topological polar surface area (TPSA) is 18.5 Å². The zero-order chi connectivity index (χ0) is 26.0. The SMILES string of the molecule is COC[C@@]1(c2ccccc2)C[C@H](C)[C@@H]([Si](C)(C)O[Si](c2ccccc2)(c2ccccc2)C(C)(C)C)C1. The molecule has 0 unspecified atom stereocenters. The molecule has 4 rings (SSSR count). The molecule has 192 valence electrons. The normalized spacial score (nSPS) is 23.1. The van der Waals surface area contributed by atoms with E-state index in [1.165, 1.54) is 15.9 Å². The Morgan fingerprint density at radius 2 is 1.25 bits per heavy atom. The first-order chi connectivity index (χ1) is 17.1. The number of hydrogen-bond donors (Lipinski definition) is 0. The maximum atomic E-state index is 7.86. The molecule has 1 saturated carbocycles. The summed E-state index contributed by atoms with van der Waals surface area (Å²) in [5, 5.41) is 2.74. The van der Waals surface area contributed by atoms with E-state index in [0.29, 0.717) is 11.5 Å². The highest BCUT2D eigenvalue weighted by Gasteiger charge is 2.57. The monoisotopic (exact) mass is 516 g/mol. The summed E-state index contributed by atoms with van der Waals surface area (Å²) in [4.78, 5) is 0. The predicted octanol–water partition coefficient (Wildman–Crippen LogP) is 7.15. The van der Waals surface area contributed by atoms with Crippen LogP contribution in [0, 0.1) is 5.92 Å². The van der Waals surface area contributed by atoms with Crippen molar-refractivity contribution in [3.8, 4) is 0 Å². The van der Waals surface area contributed by atoms with Crippen LogP contribution in [0.25, 0.3) is 0 Å². The number of benzene rings is 3. The van der Waals surface area contributed by atoms with E-state index in [2.05, 4.69) is 132 Å². The summed E-state index contributed by atoms with van der Waals surface area (Å²) >= 11 is 0. The van der Waals surface area contributed by atoms with Crippen LogP contribution in [-0.2, 0) is 14.3 Å². The van der Waals surface area contributed by atoms with Crippen LogP contribution in [0.2, 0.25) is 23.7 Å². The molecule has 3 aromatic carbocycles. The third-order valence-electron chi connectivity index (χ3n) is 8.54. The number of hydrogen-bond acceptors (Lipinski definition) is 2. The van der Waals surface area contributed by atoms with Gasteiger partial charge in [-0.25, -0.2) is 0 Å². The number of methoxy groups -OCH3 is 1. The third kappa shape index (κ3) is 4.93. The Bertz CT molecular complexity index is 1070. The number of ether oxygens (including phenoxy) is 1. The molecule has 4 heteroatoms. The molecule has 0 saturated heterocycles. The van der Waals surface area contributed by atoms with Crippen LogP contribution in [0.3, 0.4) is 0 Å². The minimum Gasteiger partial charge on any atom is -0.448 e. The molecule has 0 aliphatic heterocycles. The summed E-state index contributed by atoms with van der Waals surface area (Å²) in [6.45, 7) is 15.4. The van der Waals surface area contributed by atoms with E-state index in [0.717, 1.165) is 19.4 Å². The second kappa shape index (κ2) is 10.4. The van der Waals surface area contributed by atoms with Crippen LogP contribution < -0.4 is 10.4 Å². The van der Waals surface area contributed by atoms with E-state index in [9.17, 15) is 0 Å². The Morgan fingerprint density at radius 3 is 1.69 bits per heavy atom. The Kier molecular flexibility index (Phi) is 7.82. The van der Waals surface area contributed by atoms with E-state index in [4.69, 9.17) is 8.85 Å². The van der Waals surface area contributed by atoms with Gasteiger partial charge in [-0.15, -0.1) is 0 Å². The first-order valence-electron chi connectivity index (χ1n) is 13.4. The summed E-state index contributed by atoms with van der Waals surface area (Å²) < 4.78 is 13.7. The van der Waals surface area contributed by atoms with Gasteiger partial charge in [-0.3, -0.25) is 0 Å². The summed E-state index contributed by atoms with van der Waals surface area (Å²) in [6.07, 6.45) is 2.28. The Labute approximate surface area is 221 Å². The molecule has 1 fully saturated rings. The van der Waals surface area contributed by atoms with E-state index in [1.54, 1.807) is 0 Å². The van der Waals surface area contributed by atoms with Gasteiger partial charge >= 0.3 is 0 Å². The van der Waals surface area contributed by atoms with Gasteiger partial charge in [0.2, 0.25) is 0 Å². The van der Waals surface area contributed by atoms with Gasteiger partial charge in [-0.2, -0.15) is 0 Å². The quantitative estimate of drug-likeness (QED) is 0.296. The molecule has 3 aromatic rings. The van der Waals surface area contributed by atoms with Gasteiger partial charge in [0.25, 0.3) is 8.32 Å². The van der Waals surface area contributed by atoms with Crippen molar-refractivity contribution in [2.45, 2.75) is 69.6 Å². The van der Waals surface area contributed by atoms with Crippen molar-refractivity contribution in [1.29, 1.82) is 0 Å². The van der Waals surface area contributed by atoms with Gasteiger partial charge in [0.15, 0.2) is 8.32 Å². The molecule has 1 aliphatic carbocycles. The predicted molar refractivity (Wildman–Crippen MR) is 158 cm³/mol. The molecule has 0 amide bonds. The third-order valence-corrected chi connectivity index (χ3v) is 18.8. The Hall–Kier alpha value is -1.99. The smallest absolute Gasteiger partial charge is 0.250 e. The highest BCUT2D eigenvalue weighted by Crippen LogP contribution is 2.55. The average Bonchev–Trinajstić information content (AvgIpc) is 3.22. The zero-order valence-corrected chi connectivity index (χ0v) is 25.3. The first-order valence-corrected chi connectivity index (χ1v) is 18.3. The fourth-order valence-electron chi connectivity index (χ4n) is 7.02. The first kappa shape index (κ1) is 27.1. The van der Waals surface area contributed by atoms with Gasteiger partial charge in [0.1, 0.15) is 0 Å². The van der Waals surface area contributed by atoms with Gasteiger partial charge in [-0.1, -0.05) is 119 Å². The van der Waals surface area contributed by atoms with E-state index in [-0.39, 0.29) is 10.5 Å². The molecule has 36 heavy (non-hydrogen) atoms. The highest BCUT2D eigenvalue weighted by atomic mass is 28.4. The van der Waals surface area contributed by atoms with Crippen LogP contribution in [0.15, 0.2) is 91.0 Å². The summed E-state index contributed by atoms with van der Waals surface area (Å²) in [6, 6.07) is 33.3. The molecule has 3 atom stereocenters. The highest BCUT2D eigenvalue weighted by molar-refractivity contribution is 7.04. The molecule has 1 aliphatic rings. The lowest BCUT2D eigenvalue weighted by atomic mass is 9.79. The lowest BCUT2D eigenvalue weighted by Gasteiger charge is -2.49. The minimum atomic E-state index is -2.60. The molecule has 2 nitrogen and oxygen atoms in total. The number of rotatable bonds is 8. The summed E-state index contributed by atoms with van der Waals surface area (Å²) in [5.74, 6) is 0.584. The van der Waals surface area contributed by atoms with E-state index >= 15 is 0 Å². The molecule has 0 N–H and O–H groups in total. The van der Waals surface area contributed by atoms with Crippen LogP contribution in [0.4, 0.5) is 0 Å². The van der Waals surface area contributed by atoms with Gasteiger partial charge in [0.05, 0.1) is 6.61 Å². The molecule has 0 heterocycles. The van der Waals surface area contributed by atoms with Crippen LogP contribution >= 0.6 is 0 Å². The Balaban J connectivity index is 1.80. The van der Waals surface area contributed by atoms with Crippen molar-refractivity contribution in [2.75, 3.05) is 13.7 Å². The molecular formula is C32H44O2Si2. The molecular weight excluding hydrogens is 473 g/mol. The van der Waals surface area contributed by atoms with Crippen molar-refractivity contribution in [3.05, 3.63) is 96.6 Å². The largest absolute Gasteiger partial charge is 0.448 e. The zero-order valence-electron chi connectivity index (χ0n) is 23.3. The van der Waals surface area contributed by atoms with Crippen molar-refractivity contribution in [1.82, 2.24) is 0 Å². The van der Waals surface area contributed by atoms with Crippen LogP contribution in [-0.4, -0.2) is 30.4 Å². The van der Waals surface area contributed by atoms with E-state index in [1.807, 2.05) is 7.11 Å². The van der Waals surface area contributed by atoms with Crippen molar-refractivity contribution >= 4 is 27.0 Å².